The molecule has 6 rings (SSSR count). The lowest BCUT2D eigenvalue weighted by atomic mass is 10.2. The maximum atomic E-state index is 14.7. The first kappa shape index (κ1) is 20.2. The van der Waals surface area contributed by atoms with Gasteiger partial charge in [0.1, 0.15) is 12.4 Å². The molecule has 2 aromatic carbocycles. The fourth-order valence-corrected chi connectivity index (χ4v) is 4.16. The van der Waals surface area contributed by atoms with Crippen molar-refractivity contribution in [3.05, 3.63) is 77.1 Å². The van der Waals surface area contributed by atoms with Crippen molar-refractivity contribution in [1.29, 1.82) is 0 Å². The number of hydrogen-bond donors (Lipinski definition) is 1. The monoisotopic (exact) mass is 458 g/mol. The van der Waals surface area contributed by atoms with Crippen LogP contribution in [0.1, 0.15) is 0 Å². The summed E-state index contributed by atoms with van der Waals surface area (Å²) in [4.78, 5) is 24.3. The Morgan fingerprint density at radius 1 is 1.12 bits per heavy atom. The van der Waals surface area contributed by atoms with E-state index in [-0.39, 0.29) is 17.4 Å². The van der Waals surface area contributed by atoms with Gasteiger partial charge in [0.25, 0.3) is 5.56 Å². The van der Waals surface area contributed by atoms with E-state index in [1.54, 1.807) is 18.3 Å². The Kier molecular flexibility index (Phi) is 4.65. The number of hydrogen-bond acceptors (Lipinski definition) is 7. The Morgan fingerprint density at radius 2 is 1.91 bits per heavy atom. The molecule has 0 saturated carbocycles. The van der Waals surface area contributed by atoms with Crippen LogP contribution in [0.15, 0.2) is 65.7 Å². The van der Waals surface area contributed by atoms with Crippen molar-refractivity contribution >= 4 is 27.9 Å². The summed E-state index contributed by atoms with van der Waals surface area (Å²) >= 11 is 0. The highest BCUT2D eigenvalue weighted by Crippen LogP contribution is 2.31. The number of benzene rings is 2. The summed E-state index contributed by atoms with van der Waals surface area (Å²) in [5, 5.41) is 7.71. The van der Waals surface area contributed by atoms with Gasteiger partial charge < -0.3 is 14.4 Å². The Balaban J connectivity index is 1.43. The lowest BCUT2D eigenvalue weighted by molar-refractivity contribution is 0.0958. The number of nitrogens with zero attached hydrogens (tertiary/aromatic N) is 5. The molecule has 170 valence electrons. The standard InChI is InChI=1S/C24H19FN6O3/c1-30(12-14-13-33-19-8-4-5-9-20(19)34-14)24-26-10-15-21-16(11-27-29-21)23(32)31(22(15)28-24)18-7-3-2-6-17(18)25/h2-11,14H,12-13H2,1H3,(H,27,29)/t14-/m0/s1. The summed E-state index contributed by atoms with van der Waals surface area (Å²) in [7, 11) is 1.82. The van der Waals surface area contributed by atoms with Crippen LogP contribution in [0.25, 0.3) is 27.6 Å². The molecule has 1 N–H and O–H groups in total. The van der Waals surface area contributed by atoms with Gasteiger partial charge in [-0.15, -0.1) is 0 Å². The molecule has 1 aliphatic heterocycles. The normalized spacial score (nSPS) is 15.1. The van der Waals surface area contributed by atoms with Crippen LogP contribution in [0.5, 0.6) is 11.5 Å². The first-order valence-corrected chi connectivity index (χ1v) is 10.7. The third-order valence-corrected chi connectivity index (χ3v) is 5.79. The van der Waals surface area contributed by atoms with Crippen molar-refractivity contribution in [3.8, 4) is 17.2 Å². The van der Waals surface area contributed by atoms with E-state index in [9.17, 15) is 9.18 Å². The number of H-pyrrole nitrogens is 1. The molecule has 0 bridgehead atoms. The van der Waals surface area contributed by atoms with Crippen molar-refractivity contribution in [2.24, 2.45) is 0 Å². The zero-order valence-electron chi connectivity index (χ0n) is 18.1. The molecule has 0 fully saturated rings. The molecule has 10 heteroatoms. The van der Waals surface area contributed by atoms with E-state index < -0.39 is 11.4 Å². The fraction of sp³-hybridized carbons (Fsp3) is 0.167. The molecule has 34 heavy (non-hydrogen) atoms. The molecule has 5 aromatic rings. The van der Waals surface area contributed by atoms with Gasteiger partial charge in [-0.3, -0.25) is 14.5 Å². The van der Waals surface area contributed by atoms with Crippen LogP contribution in [0.3, 0.4) is 0 Å². The molecule has 0 radical (unpaired) electrons. The average molecular weight is 458 g/mol. The summed E-state index contributed by atoms with van der Waals surface area (Å²) in [6.45, 7) is 0.819. The molecule has 0 spiro atoms. The zero-order chi connectivity index (χ0) is 23.2. The van der Waals surface area contributed by atoms with Crippen molar-refractivity contribution in [3.63, 3.8) is 0 Å². The van der Waals surface area contributed by atoms with Crippen LogP contribution in [0.2, 0.25) is 0 Å². The third kappa shape index (κ3) is 3.22. The quantitative estimate of drug-likeness (QED) is 0.442. The topological polar surface area (TPSA) is 98.2 Å². The molecule has 1 atom stereocenters. The van der Waals surface area contributed by atoms with Crippen LogP contribution in [0.4, 0.5) is 10.3 Å². The fourth-order valence-electron chi connectivity index (χ4n) is 4.16. The number of halogens is 1. The predicted octanol–water partition coefficient (Wildman–Crippen LogP) is 3.07. The number of likely N-dealkylation sites (N-methyl/N-ethyl adjacent to an activating group) is 1. The largest absolute Gasteiger partial charge is 0.486 e. The number of nitrogens with one attached hydrogen (secondary N) is 1. The second kappa shape index (κ2) is 7.84. The molecular formula is C24H19FN6O3. The van der Waals surface area contributed by atoms with Gasteiger partial charge in [-0.2, -0.15) is 10.1 Å². The highest BCUT2D eigenvalue weighted by molar-refractivity contribution is 6.02. The summed E-state index contributed by atoms with van der Waals surface area (Å²) in [6, 6.07) is 13.6. The van der Waals surface area contributed by atoms with Crippen molar-refractivity contribution in [2.75, 3.05) is 25.1 Å². The SMILES string of the molecule is CN(C[C@H]1COc2ccccc2O1)c1ncc2c3[nH]ncc3c(=O)n(-c3ccccc3F)c2n1. The van der Waals surface area contributed by atoms with E-state index >= 15 is 0 Å². The summed E-state index contributed by atoms with van der Waals surface area (Å²) < 4.78 is 27.8. The minimum atomic E-state index is -0.534. The summed E-state index contributed by atoms with van der Waals surface area (Å²) in [5.41, 5.74) is 0.458. The molecular weight excluding hydrogens is 439 g/mol. The van der Waals surface area contributed by atoms with Gasteiger partial charge >= 0.3 is 0 Å². The number of aromatic nitrogens is 5. The van der Waals surface area contributed by atoms with E-state index in [1.165, 1.54) is 22.9 Å². The number of fused-ring (bicyclic) bond motifs is 4. The van der Waals surface area contributed by atoms with Crippen molar-refractivity contribution in [2.45, 2.75) is 6.10 Å². The average Bonchev–Trinajstić information content (AvgIpc) is 3.35. The first-order chi connectivity index (χ1) is 16.6. The Hall–Kier alpha value is -4.47. The van der Waals surface area contributed by atoms with Crippen LogP contribution in [0, 0.1) is 5.82 Å². The number of para-hydroxylation sites is 3. The second-order valence-electron chi connectivity index (χ2n) is 8.04. The van der Waals surface area contributed by atoms with Gasteiger partial charge in [0, 0.05) is 13.2 Å². The smallest absolute Gasteiger partial charge is 0.267 e. The Bertz CT molecular complexity index is 1600. The minimum Gasteiger partial charge on any atom is -0.486 e. The highest BCUT2D eigenvalue weighted by Gasteiger charge is 2.24. The van der Waals surface area contributed by atoms with Gasteiger partial charge in [0.2, 0.25) is 5.95 Å². The van der Waals surface area contributed by atoms with Gasteiger partial charge in [-0.1, -0.05) is 24.3 Å². The second-order valence-corrected chi connectivity index (χ2v) is 8.04. The van der Waals surface area contributed by atoms with Crippen LogP contribution in [-0.4, -0.2) is 51.0 Å². The third-order valence-electron chi connectivity index (χ3n) is 5.79. The predicted molar refractivity (Wildman–Crippen MR) is 124 cm³/mol. The molecule has 0 aliphatic carbocycles. The molecule has 4 heterocycles. The summed E-state index contributed by atoms with van der Waals surface area (Å²) in [5.74, 6) is 1.22. The van der Waals surface area contributed by atoms with Crippen LogP contribution < -0.4 is 19.9 Å². The molecule has 0 amide bonds. The summed E-state index contributed by atoms with van der Waals surface area (Å²) in [6.07, 6.45) is 2.79. The zero-order valence-corrected chi connectivity index (χ0v) is 18.1. The van der Waals surface area contributed by atoms with E-state index in [0.29, 0.717) is 46.9 Å². The molecule has 0 unspecified atom stereocenters. The maximum Gasteiger partial charge on any atom is 0.267 e. The molecule has 3 aromatic heterocycles. The lowest BCUT2D eigenvalue weighted by Crippen LogP contribution is -2.40. The van der Waals surface area contributed by atoms with Gasteiger partial charge in [0.15, 0.2) is 23.3 Å². The molecule has 9 nitrogen and oxygen atoms in total. The van der Waals surface area contributed by atoms with Crippen LogP contribution >= 0.6 is 0 Å². The van der Waals surface area contributed by atoms with Crippen LogP contribution in [-0.2, 0) is 0 Å². The van der Waals surface area contributed by atoms with Gasteiger partial charge in [-0.05, 0) is 24.3 Å². The lowest BCUT2D eigenvalue weighted by Gasteiger charge is -2.29. The number of ether oxygens (including phenoxy) is 2. The van der Waals surface area contributed by atoms with Crippen molar-refractivity contribution in [1.82, 2.24) is 24.7 Å². The van der Waals surface area contributed by atoms with Gasteiger partial charge in [-0.25, -0.2) is 9.37 Å². The Morgan fingerprint density at radius 3 is 2.76 bits per heavy atom. The van der Waals surface area contributed by atoms with E-state index in [4.69, 9.17) is 9.47 Å². The minimum absolute atomic E-state index is 0.105. The number of pyridine rings is 1. The van der Waals surface area contributed by atoms with E-state index in [2.05, 4.69) is 20.2 Å². The number of aromatic amines is 1. The molecule has 1 aliphatic rings. The number of anilines is 1. The first-order valence-electron chi connectivity index (χ1n) is 10.7. The van der Waals surface area contributed by atoms with Gasteiger partial charge in [0.05, 0.1) is 34.7 Å². The van der Waals surface area contributed by atoms with Crippen molar-refractivity contribution < 1.29 is 13.9 Å². The maximum absolute atomic E-state index is 14.7. The Labute approximate surface area is 192 Å². The highest BCUT2D eigenvalue weighted by atomic mass is 19.1. The van der Waals surface area contributed by atoms with E-state index in [1.807, 2.05) is 36.2 Å². The number of rotatable bonds is 4. The van der Waals surface area contributed by atoms with E-state index in [0.717, 1.165) is 0 Å². The molecule has 0 saturated heterocycles.